The Labute approximate surface area is 185 Å². The molecule has 0 unspecified atom stereocenters. The number of ether oxygens (including phenoxy) is 2. The normalized spacial score (nSPS) is 11.7. The van der Waals surface area contributed by atoms with Crippen LogP contribution in [0.2, 0.25) is 0 Å². The van der Waals surface area contributed by atoms with Gasteiger partial charge in [-0.05, 0) is 44.2 Å². The molecule has 0 fully saturated rings. The van der Waals surface area contributed by atoms with Crippen LogP contribution in [-0.4, -0.2) is 53.1 Å². The van der Waals surface area contributed by atoms with Crippen LogP contribution in [-0.2, 0) is 21.0 Å². The molecule has 176 valence electrons. The molecule has 0 aliphatic rings. The third-order valence-electron chi connectivity index (χ3n) is 4.80. The van der Waals surface area contributed by atoms with Gasteiger partial charge in [0.2, 0.25) is 5.91 Å². The topological polar surface area (TPSA) is 76.2 Å². The van der Waals surface area contributed by atoms with Crippen LogP contribution in [0.5, 0.6) is 11.5 Å². The Morgan fingerprint density at radius 1 is 0.969 bits per heavy atom. The molecule has 0 aliphatic carbocycles. The van der Waals surface area contributed by atoms with Crippen LogP contribution < -0.4 is 13.8 Å². The van der Waals surface area contributed by atoms with E-state index in [9.17, 15) is 26.4 Å². The van der Waals surface area contributed by atoms with Crippen molar-refractivity contribution < 1.29 is 35.9 Å². The van der Waals surface area contributed by atoms with Crippen LogP contribution in [0, 0.1) is 0 Å². The quantitative estimate of drug-likeness (QED) is 0.553. The van der Waals surface area contributed by atoms with E-state index in [1.807, 2.05) is 0 Å². The van der Waals surface area contributed by atoms with Crippen molar-refractivity contribution in [2.24, 2.45) is 0 Å². The number of halogens is 3. The highest BCUT2D eigenvalue weighted by atomic mass is 32.2. The fourth-order valence-electron chi connectivity index (χ4n) is 3.06. The van der Waals surface area contributed by atoms with Crippen LogP contribution >= 0.6 is 0 Å². The molecule has 7 nitrogen and oxygen atoms in total. The largest absolute Gasteiger partial charge is 0.493 e. The fourth-order valence-corrected chi connectivity index (χ4v) is 4.48. The molecule has 2 aromatic carbocycles. The van der Waals surface area contributed by atoms with Crippen LogP contribution in [0.1, 0.15) is 19.4 Å². The van der Waals surface area contributed by atoms with E-state index in [0.29, 0.717) is 23.5 Å². The SMILES string of the molecule is CCN(CC)C(=O)CN(c1cccc(C(F)(F)F)c1)S(=O)(=O)c1ccc(OC)c(OC)c1. The van der Waals surface area contributed by atoms with Crippen molar-refractivity contribution in [1.29, 1.82) is 0 Å². The van der Waals surface area contributed by atoms with Gasteiger partial charge in [-0.25, -0.2) is 8.42 Å². The van der Waals surface area contributed by atoms with Gasteiger partial charge >= 0.3 is 6.18 Å². The Hall–Kier alpha value is -2.95. The summed E-state index contributed by atoms with van der Waals surface area (Å²) in [5.41, 5.74) is -1.31. The molecule has 0 spiro atoms. The second kappa shape index (κ2) is 10.1. The second-order valence-corrected chi connectivity index (χ2v) is 8.50. The molecule has 11 heteroatoms. The van der Waals surface area contributed by atoms with Gasteiger partial charge in [0, 0.05) is 19.2 Å². The van der Waals surface area contributed by atoms with E-state index in [1.54, 1.807) is 13.8 Å². The molecule has 0 N–H and O–H groups in total. The zero-order valence-corrected chi connectivity index (χ0v) is 19.0. The van der Waals surface area contributed by atoms with Crippen molar-refractivity contribution in [1.82, 2.24) is 4.90 Å². The Balaban J connectivity index is 2.64. The van der Waals surface area contributed by atoms with Crippen molar-refractivity contribution in [2.75, 3.05) is 38.2 Å². The van der Waals surface area contributed by atoms with E-state index >= 15 is 0 Å². The molecule has 0 saturated heterocycles. The standard InChI is InChI=1S/C21H25F3N2O5S/c1-5-25(6-2)20(27)14-26(16-9-7-8-15(12-16)21(22,23)24)32(28,29)17-10-11-18(30-3)19(13-17)31-4/h7-13H,5-6,14H2,1-4H3. The number of carbonyl (C=O) groups is 1. The minimum Gasteiger partial charge on any atom is -0.493 e. The lowest BCUT2D eigenvalue weighted by molar-refractivity contribution is -0.137. The van der Waals surface area contributed by atoms with Gasteiger partial charge in [-0.3, -0.25) is 9.10 Å². The number of anilines is 1. The summed E-state index contributed by atoms with van der Waals surface area (Å²) >= 11 is 0. The van der Waals surface area contributed by atoms with E-state index in [-0.39, 0.29) is 22.1 Å². The van der Waals surface area contributed by atoms with Crippen molar-refractivity contribution in [3.8, 4) is 11.5 Å². The minimum absolute atomic E-state index is 0.118. The molecule has 0 atom stereocenters. The zero-order chi connectivity index (χ0) is 24.1. The average Bonchev–Trinajstić information content (AvgIpc) is 2.77. The molecule has 0 aliphatic heterocycles. The van der Waals surface area contributed by atoms with Gasteiger partial charge in [-0.2, -0.15) is 13.2 Å². The lowest BCUT2D eigenvalue weighted by Crippen LogP contribution is -2.43. The summed E-state index contributed by atoms with van der Waals surface area (Å²) in [6, 6.07) is 7.63. The van der Waals surface area contributed by atoms with Crippen LogP contribution in [0.15, 0.2) is 47.4 Å². The summed E-state index contributed by atoms with van der Waals surface area (Å²) in [4.78, 5) is 13.9. The Bertz CT molecular complexity index is 1050. The average molecular weight is 475 g/mol. The van der Waals surface area contributed by atoms with Crippen molar-refractivity contribution in [3.63, 3.8) is 0 Å². The summed E-state index contributed by atoms with van der Waals surface area (Å²) in [5, 5.41) is 0. The van der Waals surface area contributed by atoms with E-state index in [2.05, 4.69) is 0 Å². The monoisotopic (exact) mass is 474 g/mol. The molecule has 1 amide bonds. The van der Waals surface area contributed by atoms with Crippen molar-refractivity contribution >= 4 is 21.6 Å². The highest BCUT2D eigenvalue weighted by Gasteiger charge is 2.34. The first-order valence-electron chi connectivity index (χ1n) is 9.69. The number of nitrogens with zero attached hydrogens (tertiary/aromatic N) is 2. The summed E-state index contributed by atoms with van der Waals surface area (Å²) < 4.78 is 77.6. The summed E-state index contributed by atoms with van der Waals surface area (Å²) in [6.07, 6.45) is -4.68. The number of benzene rings is 2. The zero-order valence-electron chi connectivity index (χ0n) is 18.1. The maximum Gasteiger partial charge on any atom is 0.416 e. The van der Waals surface area contributed by atoms with E-state index in [1.165, 1.54) is 43.4 Å². The van der Waals surface area contributed by atoms with Gasteiger partial charge in [0.15, 0.2) is 11.5 Å². The van der Waals surface area contributed by atoms with Crippen LogP contribution in [0.25, 0.3) is 0 Å². The highest BCUT2D eigenvalue weighted by molar-refractivity contribution is 7.92. The molecule has 0 saturated carbocycles. The third kappa shape index (κ3) is 5.45. The van der Waals surface area contributed by atoms with Gasteiger partial charge in [-0.15, -0.1) is 0 Å². The van der Waals surface area contributed by atoms with Crippen LogP contribution in [0.4, 0.5) is 18.9 Å². The van der Waals surface area contributed by atoms with Gasteiger partial charge in [-0.1, -0.05) is 6.07 Å². The molecule has 0 heterocycles. The first kappa shape index (κ1) is 25.3. The van der Waals surface area contributed by atoms with E-state index < -0.39 is 34.2 Å². The Morgan fingerprint density at radius 2 is 1.59 bits per heavy atom. The van der Waals surface area contributed by atoms with E-state index in [4.69, 9.17) is 9.47 Å². The summed E-state index contributed by atoms with van der Waals surface area (Å²) in [5.74, 6) is -0.152. The fraction of sp³-hybridized carbons (Fsp3) is 0.381. The predicted molar refractivity (Wildman–Crippen MR) is 113 cm³/mol. The van der Waals surface area contributed by atoms with Gasteiger partial charge in [0.25, 0.3) is 10.0 Å². The molecular weight excluding hydrogens is 449 g/mol. The molecule has 2 aromatic rings. The van der Waals surface area contributed by atoms with Gasteiger partial charge in [0.05, 0.1) is 30.4 Å². The summed E-state index contributed by atoms with van der Waals surface area (Å²) in [6.45, 7) is 3.42. The van der Waals surface area contributed by atoms with Gasteiger partial charge < -0.3 is 14.4 Å². The maximum absolute atomic E-state index is 13.5. The molecule has 2 rings (SSSR count). The number of methoxy groups -OCH3 is 2. The first-order chi connectivity index (χ1) is 15.0. The first-order valence-corrected chi connectivity index (χ1v) is 11.1. The number of sulfonamides is 1. The molecule has 32 heavy (non-hydrogen) atoms. The number of rotatable bonds is 9. The lowest BCUT2D eigenvalue weighted by Gasteiger charge is -2.28. The maximum atomic E-state index is 13.5. The molecular formula is C21H25F3N2O5S. The van der Waals surface area contributed by atoms with Crippen molar-refractivity contribution in [2.45, 2.75) is 24.9 Å². The summed E-state index contributed by atoms with van der Waals surface area (Å²) in [7, 11) is -1.74. The number of hydrogen-bond donors (Lipinski definition) is 0. The Morgan fingerprint density at radius 3 is 2.12 bits per heavy atom. The number of amides is 1. The third-order valence-corrected chi connectivity index (χ3v) is 6.57. The number of hydrogen-bond acceptors (Lipinski definition) is 5. The van der Waals surface area contributed by atoms with Crippen molar-refractivity contribution in [3.05, 3.63) is 48.0 Å². The Kier molecular flexibility index (Phi) is 8.00. The molecule has 0 bridgehead atoms. The molecule has 0 aromatic heterocycles. The minimum atomic E-state index is -4.68. The number of carbonyl (C=O) groups excluding carboxylic acids is 1. The smallest absolute Gasteiger partial charge is 0.416 e. The lowest BCUT2D eigenvalue weighted by atomic mass is 10.2. The number of likely N-dealkylation sites (N-methyl/N-ethyl adjacent to an activating group) is 1. The predicted octanol–water partition coefficient (Wildman–Crippen LogP) is 3.79. The van der Waals surface area contributed by atoms with E-state index in [0.717, 1.165) is 12.1 Å². The second-order valence-electron chi connectivity index (χ2n) is 6.64. The number of alkyl halides is 3. The highest BCUT2D eigenvalue weighted by Crippen LogP contribution is 2.35. The molecule has 0 radical (unpaired) electrons. The van der Waals surface area contributed by atoms with Crippen LogP contribution in [0.3, 0.4) is 0 Å². The van der Waals surface area contributed by atoms with Gasteiger partial charge in [0.1, 0.15) is 6.54 Å².